The fourth-order valence-electron chi connectivity index (χ4n) is 6.20. The summed E-state index contributed by atoms with van der Waals surface area (Å²) in [5.74, 6) is 2.63. The highest BCUT2D eigenvalue weighted by molar-refractivity contribution is 6.83. The highest BCUT2D eigenvalue weighted by Crippen LogP contribution is 2.54. The Kier molecular flexibility index (Phi) is 14.4. The average Bonchev–Trinajstić information content (AvgIpc) is 3.43. The van der Waals surface area contributed by atoms with Crippen molar-refractivity contribution in [1.29, 1.82) is 0 Å². The Hall–Kier alpha value is -1.93. The molecule has 2 aliphatic heterocycles. The molecule has 0 spiro atoms. The fourth-order valence-corrected chi connectivity index (χ4v) is 6.96. The highest BCUT2D eigenvalue weighted by Gasteiger charge is 2.71. The van der Waals surface area contributed by atoms with Crippen LogP contribution in [0.5, 0.6) is 5.75 Å². The van der Waals surface area contributed by atoms with E-state index in [1.807, 2.05) is 37.3 Å². The zero-order valence-electron chi connectivity index (χ0n) is 30.1. The zero-order valence-corrected chi connectivity index (χ0v) is 31.9. The van der Waals surface area contributed by atoms with Gasteiger partial charge in [0.15, 0.2) is 5.60 Å². The van der Waals surface area contributed by atoms with E-state index in [1.54, 1.807) is 0 Å². The lowest BCUT2D eigenvalue weighted by molar-refractivity contribution is -0.353. The molecular weight excluding hydrogens is 644 g/mol. The molecule has 1 unspecified atom stereocenters. The van der Waals surface area contributed by atoms with Crippen LogP contribution in [0, 0.1) is 11.5 Å². The summed E-state index contributed by atoms with van der Waals surface area (Å²) >= 11 is 6.84. The van der Waals surface area contributed by atoms with Crippen molar-refractivity contribution in [2.75, 3.05) is 33.0 Å². The zero-order chi connectivity index (χ0) is 34.8. The lowest BCUT2D eigenvalue weighted by Gasteiger charge is -2.51. The van der Waals surface area contributed by atoms with Crippen LogP contribution < -0.4 is 4.74 Å². The maximum atomic E-state index is 12.0. The number of hydrogen-bond donors (Lipinski definition) is 1. The Morgan fingerprint density at radius 3 is 2.12 bits per heavy atom. The first-order chi connectivity index (χ1) is 23.0. The van der Waals surface area contributed by atoms with E-state index in [2.05, 4.69) is 64.0 Å². The Balaban J connectivity index is 1.84. The second kappa shape index (κ2) is 17.8. The highest BCUT2D eigenvalue weighted by atomic mass is 35.5. The molecule has 0 amide bonds. The third kappa shape index (κ3) is 9.24. The van der Waals surface area contributed by atoms with Gasteiger partial charge in [-0.1, -0.05) is 95.4 Å². The smallest absolute Gasteiger partial charge is 0.225 e. The minimum atomic E-state index is -1.83. The van der Waals surface area contributed by atoms with Gasteiger partial charge < -0.3 is 33.5 Å². The number of ether oxygens (including phenoxy) is 6. The number of unbranched alkanes of at least 4 members (excludes halogenated alkanes) is 3. The third-order valence-electron chi connectivity index (χ3n) is 8.83. The summed E-state index contributed by atoms with van der Waals surface area (Å²) < 4.78 is 39.8. The van der Waals surface area contributed by atoms with Crippen LogP contribution in [0.2, 0.25) is 24.7 Å². The number of benzene rings is 2. The lowest BCUT2D eigenvalue weighted by atomic mass is 9.80. The van der Waals surface area contributed by atoms with Crippen LogP contribution in [-0.4, -0.2) is 76.2 Å². The van der Waals surface area contributed by atoms with Crippen molar-refractivity contribution in [3.8, 4) is 17.2 Å². The monoisotopic (exact) mass is 700 g/mol. The number of aliphatic hydroxyl groups is 1. The van der Waals surface area contributed by atoms with Gasteiger partial charge in [0.1, 0.15) is 38.2 Å². The summed E-state index contributed by atoms with van der Waals surface area (Å²) in [4.78, 5) is 0. The fraction of sp³-hybridized carbons (Fsp3) is 0.641. The second-order valence-corrected chi connectivity index (χ2v) is 19.1. The lowest BCUT2D eigenvalue weighted by Crippen LogP contribution is -2.69. The maximum absolute atomic E-state index is 12.0. The van der Waals surface area contributed by atoms with Crippen molar-refractivity contribution in [3.63, 3.8) is 0 Å². The van der Waals surface area contributed by atoms with Crippen molar-refractivity contribution < 1.29 is 33.5 Å². The van der Waals surface area contributed by atoms with Gasteiger partial charge in [0, 0.05) is 30.4 Å². The summed E-state index contributed by atoms with van der Waals surface area (Å²) in [5.41, 5.74) is 4.85. The average molecular weight is 701 g/mol. The number of fused-ring (bicyclic) bond motifs is 2. The first-order valence-electron chi connectivity index (χ1n) is 17.9. The van der Waals surface area contributed by atoms with Crippen LogP contribution in [0.4, 0.5) is 0 Å². The molecule has 0 radical (unpaired) electrons. The van der Waals surface area contributed by atoms with Crippen molar-refractivity contribution in [3.05, 3.63) is 64.2 Å². The summed E-state index contributed by atoms with van der Waals surface area (Å²) in [5, 5.41) is 12.6. The summed E-state index contributed by atoms with van der Waals surface area (Å²) in [7, 11) is -1.83. The summed E-state index contributed by atoms with van der Waals surface area (Å²) in [6.45, 7) is 17.1. The third-order valence-corrected chi connectivity index (χ3v) is 10.1. The van der Waals surface area contributed by atoms with Crippen LogP contribution in [0.1, 0.15) is 82.9 Å². The van der Waals surface area contributed by atoms with E-state index in [-0.39, 0.29) is 6.61 Å². The van der Waals surface area contributed by atoms with Gasteiger partial charge in [0.05, 0.1) is 13.2 Å². The molecule has 2 saturated heterocycles. The molecule has 0 aromatic heterocycles. The van der Waals surface area contributed by atoms with Crippen molar-refractivity contribution >= 4 is 19.7 Å². The van der Waals surface area contributed by atoms with E-state index in [9.17, 15) is 5.11 Å². The molecule has 2 aromatic carbocycles. The van der Waals surface area contributed by atoms with Gasteiger partial charge in [-0.15, -0.1) is 5.54 Å². The van der Waals surface area contributed by atoms with Gasteiger partial charge >= 0.3 is 0 Å². The molecule has 266 valence electrons. The van der Waals surface area contributed by atoms with Crippen LogP contribution in [-0.2, 0) is 35.9 Å². The molecule has 2 aliphatic rings. The molecule has 2 aromatic rings. The molecule has 2 heterocycles. The standard InChI is InChI=1S/C39H57ClO7Si/c1-8-12-22-43-35-36(44-23-13-9-2)38(34(41)21-25-48(5,6)7)28-46-39(47-38,37(35)45-24-14-10-3)31-17-20-33(40)30(27-31)26-29-15-18-32(19-16-29)42-11-4/h15-20,27,34-37,41H,8-14,22-24,26,28H2,1-7H3/t34?,35-,36-,37+,38+,39-/m0/s1. The summed E-state index contributed by atoms with van der Waals surface area (Å²) in [6.07, 6.45) is 3.08. The number of hydrogen-bond acceptors (Lipinski definition) is 7. The quantitative estimate of drug-likeness (QED) is 0.0958. The SMILES string of the molecule is CCCCO[C@@H]1[C@@H](OCCCC)[C@@]2(c3ccc(Cl)c(Cc4ccc(OCC)cc4)c3)OC[C@](C(O)C#C[Si](C)(C)C)(O2)[C@H]1OCCCC. The molecule has 2 bridgehead atoms. The van der Waals surface area contributed by atoms with Gasteiger partial charge in [0.2, 0.25) is 5.79 Å². The molecule has 48 heavy (non-hydrogen) atoms. The van der Waals surface area contributed by atoms with E-state index in [1.165, 1.54) is 0 Å². The second-order valence-electron chi connectivity index (χ2n) is 14.0. The molecule has 2 fully saturated rings. The topological polar surface area (TPSA) is 75.6 Å². The molecule has 9 heteroatoms. The van der Waals surface area contributed by atoms with Crippen LogP contribution in [0.25, 0.3) is 0 Å². The largest absolute Gasteiger partial charge is 0.494 e. The Bertz CT molecular complexity index is 1350. The van der Waals surface area contributed by atoms with Crippen LogP contribution in [0.15, 0.2) is 42.5 Å². The van der Waals surface area contributed by atoms with Crippen molar-refractivity contribution in [2.45, 2.75) is 128 Å². The summed E-state index contributed by atoms with van der Waals surface area (Å²) in [6, 6.07) is 14.0. The molecule has 4 rings (SSSR count). The van der Waals surface area contributed by atoms with E-state index in [4.69, 9.17) is 40.0 Å². The Labute approximate surface area is 294 Å². The first-order valence-corrected chi connectivity index (χ1v) is 21.8. The number of aliphatic hydroxyl groups excluding tert-OH is 1. The van der Waals surface area contributed by atoms with Gasteiger partial charge in [0.25, 0.3) is 0 Å². The molecular formula is C39H57ClO7Si. The number of halogens is 1. The molecule has 6 atom stereocenters. The van der Waals surface area contributed by atoms with E-state index in [0.29, 0.717) is 37.9 Å². The first kappa shape index (κ1) is 38.9. The van der Waals surface area contributed by atoms with Crippen molar-refractivity contribution in [2.24, 2.45) is 0 Å². The molecule has 0 saturated carbocycles. The van der Waals surface area contributed by atoms with Gasteiger partial charge in [-0.3, -0.25) is 0 Å². The van der Waals surface area contributed by atoms with Crippen LogP contribution in [0.3, 0.4) is 0 Å². The van der Waals surface area contributed by atoms with E-state index in [0.717, 1.165) is 61.0 Å². The predicted molar refractivity (Wildman–Crippen MR) is 194 cm³/mol. The van der Waals surface area contributed by atoms with Crippen LogP contribution >= 0.6 is 11.6 Å². The van der Waals surface area contributed by atoms with E-state index >= 15 is 0 Å². The van der Waals surface area contributed by atoms with Crippen molar-refractivity contribution in [1.82, 2.24) is 0 Å². The Morgan fingerprint density at radius 1 is 0.896 bits per heavy atom. The Morgan fingerprint density at radius 2 is 1.52 bits per heavy atom. The minimum Gasteiger partial charge on any atom is -0.494 e. The normalized spacial score (nSPS) is 25.8. The predicted octanol–water partition coefficient (Wildman–Crippen LogP) is 8.08. The van der Waals surface area contributed by atoms with Gasteiger partial charge in [-0.25, -0.2) is 0 Å². The molecule has 1 N–H and O–H groups in total. The van der Waals surface area contributed by atoms with Gasteiger partial charge in [-0.2, -0.15) is 0 Å². The molecule has 0 aliphatic carbocycles. The molecule has 7 nitrogen and oxygen atoms in total. The number of rotatable bonds is 18. The minimum absolute atomic E-state index is 0.0729. The van der Waals surface area contributed by atoms with E-state index < -0.39 is 43.9 Å². The maximum Gasteiger partial charge on any atom is 0.225 e. The van der Waals surface area contributed by atoms with Gasteiger partial charge in [-0.05, 0) is 68.0 Å².